The Labute approximate surface area is 216 Å². The summed E-state index contributed by atoms with van der Waals surface area (Å²) in [5.74, 6) is -2.63. The fraction of sp³-hybridized carbons (Fsp3) is 0.179. The fourth-order valence-electron chi connectivity index (χ4n) is 4.54. The third kappa shape index (κ3) is 4.21. The summed E-state index contributed by atoms with van der Waals surface area (Å²) in [6, 6.07) is 12.4. The quantitative estimate of drug-likeness (QED) is 0.197. The van der Waals surface area contributed by atoms with E-state index in [0.717, 1.165) is 28.0 Å². The van der Waals surface area contributed by atoms with Gasteiger partial charge in [0.2, 0.25) is 0 Å². The molecule has 1 aliphatic rings. The summed E-state index contributed by atoms with van der Waals surface area (Å²) >= 11 is 1.26. The minimum atomic E-state index is -1.06. The van der Waals surface area contributed by atoms with Crippen molar-refractivity contribution in [2.75, 3.05) is 11.5 Å². The molecule has 4 aromatic rings. The van der Waals surface area contributed by atoms with E-state index in [4.69, 9.17) is 4.74 Å². The van der Waals surface area contributed by atoms with Crippen molar-refractivity contribution in [3.05, 3.63) is 88.2 Å². The minimum absolute atomic E-state index is 0.104. The van der Waals surface area contributed by atoms with Crippen molar-refractivity contribution in [3.63, 3.8) is 0 Å². The second-order valence-corrected chi connectivity index (χ2v) is 9.77. The minimum Gasteiger partial charge on any atom is -0.507 e. The number of aromatic nitrogens is 1. The Bertz CT molecular complexity index is 1590. The zero-order chi connectivity index (χ0) is 26.4. The number of aromatic hydroxyl groups is 1. The van der Waals surface area contributed by atoms with Crippen molar-refractivity contribution in [3.8, 4) is 11.5 Å². The fourth-order valence-corrected chi connectivity index (χ4v) is 5.71. The molecule has 1 amide bonds. The Kier molecular flexibility index (Phi) is 6.16. The number of hydrogen-bond acceptors (Lipinski definition) is 7. The van der Waals surface area contributed by atoms with E-state index in [-0.39, 0.29) is 29.2 Å². The lowest BCUT2D eigenvalue weighted by molar-refractivity contribution is -0.132. The second-order valence-electron chi connectivity index (χ2n) is 8.76. The van der Waals surface area contributed by atoms with Gasteiger partial charge in [0.1, 0.15) is 11.6 Å². The van der Waals surface area contributed by atoms with Gasteiger partial charge in [-0.1, -0.05) is 23.5 Å². The van der Waals surface area contributed by atoms with E-state index in [2.05, 4.69) is 4.98 Å². The number of phenolic OH excluding ortho intramolecular Hbond substituents is 1. The van der Waals surface area contributed by atoms with Crippen LogP contribution in [0.25, 0.3) is 16.0 Å². The van der Waals surface area contributed by atoms with Gasteiger partial charge in [0, 0.05) is 5.56 Å². The molecule has 1 fully saturated rings. The number of halogens is 1. The molecule has 0 bridgehead atoms. The van der Waals surface area contributed by atoms with Crippen molar-refractivity contribution < 1.29 is 28.9 Å². The smallest absolute Gasteiger partial charge is 0.301 e. The summed E-state index contributed by atoms with van der Waals surface area (Å²) in [5.41, 5.74) is 3.12. The maximum atomic E-state index is 13.5. The van der Waals surface area contributed by atoms with Gasteiger partial charge in [-0.3, -0.25) is 14.5 Å². The van der Waals surface area contributed by atoms with E-state index >= 15 is 0 Å². The summed E-state index contributed by atoms with van der Waals surface area (Å²) in [6.07, 6.45) is 0. The first-order valence-corrected chi connectivity index (χ1v) is 12.4. The molecule has 1 aromatic heterocycles. The van der Waals surface area contributed by atoms with E-state index < -0.39 is 29.3 Å². The van der Waals surface area contributed by atoms with Gasteiger partial charge in [-0.25, -0.2) is 9.37 Å². The van der Waals surface area contributed by atoms with Gasteiger partial charge < -0.3 is 14.9 Å². The number of carbonyl (C=O) groups is 2. The average Bonchev–Trinajstić information content (AvgIpc) is 3.39. The molecule has 0 spiro atoms. The predicted octanol–water partition coefficient (Wildman–Crippen LogP) is 5.78. The normalized spacial score (nSPS) is 17.1. The molecule has 0 radical (unpaired) electrons. The number of hydrogen-bond donors (Lipinski definition) is 2. The third-order valence-corrected chi connectivity index (χ3v) is 7.19. The number of thiazole rings is 1. The van der Waals surface area contributed by atoms with Crippen LogP contribution in [0.2, 0.25) is 0 Å². The third-order valence-electron chi connectivity index (χ3n) is 6.19. The van der Waals surface area contributed by atoms with Crippen LogP contribution in [0.1, 0.15) is 35.2 Å². The molecule has 1 aliphatic heterocycles. The average molecular weight is 519 g/mol. The lowest BCUT2D eigenvalue weighted by atomic mass is 9.95. The number of amides is 1. The van der Waals surface area contributed by atoms with Gasteiger partial charge in [0.25, 0.3) is 5.78 Å². The molecule has 37 heavy (non-hydrogen) atoms. The highest BCUT2D eigenvalue weighted by Gasteiger charge is 2.48. The van der Waals surface area contributed by atoms with Gasteiger partial charge in [-0.15, -0.1) is 0 Å². The Morgan fingerprint density at radius 1 is 1.11 bits per heavy atom. The number of Topliss-reactive ketones (excluding diaryl/α,β-unsaturated/α-hetero) is 1. The monoisotopic (exact) mass is 518 g/mol. The highest BCUT2D eigenvalue weighted by atomic mass is 32.1. The maximum Gasteiger partial charge on any atom is 0.301 e. The number of phenols is 1. The van der Waals surface area contributed by atoms with Gasteiger partial charge in [-0.05, 0) is 79.9 Å². The number of anilines is 1. The number of benzene rings is 3. The van der Waals surface area contributed by atoms with Crippen molar-refractivity contribution in [1.82, 2.24) is 4.98 Å². The first-order chi connectivity index (χ1) is 17.7. The Morgan fingerprint density at radius 3 is 2.54 bits per heavy atom. The molecule has 5 rings (SSSR count). The zero-order valence-corrected chi connectivity index (χ0v) is 21.1. The summed E-state index contributed by atoms with van der Waals surface area (Å²) in [7, 11) is 0. The Balaban J connectivity index is 1.75. The number of ether oxygens (including phenoxy) is 1. The lowest BCUT2D eigenvalue weighted by Crippen LogP contribution is -2.29. The molecular formula is C28H23FN2O5S. The molecule has 1 unspecified atom stereocenters. The second kappa shape index (κ2) is 9.33. The van der Waals surface area contributed by atoms with Crippen molar-refractivity contribution in [1.29, 1.82) is 0 Å². The number of aliphatic hydroxyl groups excluding tert-OH is 1. The summed E-state index contributed by atoms with van der Waals surface area (Å²) in [6.45, 7) is 5.93. The van der Waals surface area contributed by atoms with Crippen LogP contribution in [0, 0.1) is 19.7 Å². The molecule has 3 aromatic carbocycles. The van der Waals surface area contributed by atoms with Crippen LogP contribution in [0.5, 0.6) is 11.5 Å². The van der Waals surface area contributed by atoms with Crippen LogP contribution in [-0.4, -0.2) is 33.5 Å². The summed E-state index contributed by atoms with van der Waals surface area (Å²) in [4.78, 5) is 32.8. The summed E-state index contributed by atoms with van der Waals surface area (Å²) < 4.78 is 19.9. The predicted molar refractivity (Wildman–Crippen MR) is 140 cm³/mol. The number of fused-ring (bicyclic) bond motifs is 1. The molecule has 1 saturated heterocycles. The SMILES string of the molecule is CCOc1cc(C2/C(=C(\O)c3ccc(F)cc3)C(=O)C(=O)N2c2nc3c(C)cc(C)cc3s2)ccc1O. The molecule has 188 valence electrons. The number of rotatable bonds is 5. The van der Waals surface area contributed by atoms with Crippen molar-refractivity contribution in [2.45, 2.75) is 26.8 Å². The molecule has 9 heteroatoms. The van der Waals surface area contributed by atoms with E-state index in [1.165, 1.54) is 40.5 Å². The van der Waals surface area contributed by atoms with E-state index in [1.54, 1.807) is 13.0 Å². The van der Waals surface area contributed by atoms with Crippen molar-refractivity contribution in [2.24, 2.45) is 0 Å². The van der Waals surface area contributed by atoms with Gasteiger partial charge in [-0.2, -0.15) is 0 Å². The van der Waals surface area contributed by atoms with E-state index in [1.807, 2.05) is 26.0 Å². The molecule has 2 N–H and O–H groups in total. The number of carbonyl (C=O) groups excluding carboxylic acids is 2. The number of aliphatic hydroxyl groups is 1. The highest BCUT2D eigenvalue weighted by molar-refractivity contribution is 7.22. The van der Waals surface area contributed by atoms with Crippen LogP contribution in [0.15, 0.2) is 60.2 Å². The van der Waals surface area contributed by atoms with Gasteiger partial charge >= 0.3 is 5.91 Å². The van der Waals surface area contributed by atoms with Gasteiger partial charge in [0.05, 0.1) is 28.4 Å². The molecule has 2 heterocycles. The zero-order valence-electron chi connectivity index (χ0n) is 20.3. The number of ketones is 1. The van der Waals surface area contributed by atoms with Crippen LogP contribution >= 0.6 is 11.3 Å². The molecule has 0 saturated carbocycles. The highest BCUT2D eigenvalue weighted by Crippen LogP contribution is 2.46. The molecule has 0 aliphatic carbocycles. The molecular weight excluding hydrogens is 495 g/mol. The van der Waals surface area contributed by atoms with Crippen LogP contribution in [-0.2, 0) is 9.59 Å². The first kappa shape index (κ1) is 24.5. The van der Waals surface area contributed by atoms with E-state index in [0.29, 0.717) is 16.2 Å². The van der Waals surface area contributed by atoms with Crippen LogP contribution in [0.3, 0.4) is 0 Å². The number of nitrogens with zero attached hydrogens (tertiary/aromatic N) is 2. The summed E-state index contributed by atoms with van der Waals surface area (Å²) in [5, 5.41) is 21.7. The molecule has 7 nitrogen and oxygen atoms in total. The maximum absolute atomic E-state index is 13.5. The number of aryl methyl sites for hydroxylation is 2. The largest absolute Gasteiger partial charge is 0.507 e. The topological polar surface area (TPSA) is 100.0 Å². The lowest BCUT2D eigenvalue weighted by Gasteiger charge is -2.23. The van der Waals surface area contributed by atoms with Crippen LogP contribution < -0.4 is 9.64 Å². The first-order valence-electron chi connectivity index (χ1n) is 11.6. The standard InChI is InChI=1S/C28H23FN2O5S/c1-4-36-20-13-17(7-10-19(20)32)24-22(25(33)16-5-8-18(29)9-6-16)26(34)27(35)31(24)28-30-23-15(3)11-14(2)12-21(23)37-28/h5-13,24,32-33H,4H2,1-3H3/b25-22+. The van der Waals surface area contributed by atoms with Crippen LogP contribution in [0.4, 0.5) is 9.52 Å². The Morgan fingerprint density at radius 2 is 1.84 bits per heavy atom. The Hall–Kier alpha value is -4.24. The molecule has 1 atom stereocenters. The van der Waals surface area contributed by atoms with Gasteiger partial charge in [0.15, 0.2) is 16.6 Å². The van der Waals surface area contributed by atoms with Crippen molar-refractivity contribution >= 4 is 44.1 Å². The van der Waals surface area contributed by atoms with E-state index in [9.17, 15) is 24.2 Å².